The van der Waals surface area contributed by atoms with Crippen LogP contribution in [0.2, 0.25) is 0 Å². The third-order valence-corrected chi connectivity index (χ3v) is 4.68. The molecule has 0 radical (unpaired) electrons. The van der Waals surface area contributed by atoms with E-state index in [0.717, 1.165) is 27.9 Å². The minimum absolute atomic E-state index is 0.0161. The Hall–Kier alpha value is -3.27. The van der Waals surface area contributed by atoms with Gasteiger partial charge in [0.15, 0.2) is 11.5 Å². The van der Waals surface area contributed by atoms with E-state index in [-0.39, 0.29) is 5.78 Å². The molecule has 0 unspecified atom stereocenters. The van der Waals surface area contributed by atoms with Gasteiger partial charge in [-0.3, -0.25) is 4.79 Å². The molecule has 0 aliphatic rings. The number of nitrogens with zero attached hydrogens (tertiary/aromatic N) is 3. The highest BCUT2D eigenvalue weighted by atomic mass is 16.1. The van der Waals surface area contributed by atoms with Gasteiger partial charge in [-0.1, -0.05) is 65.9 Å². The van der Waals surface area contributed by atoms with Crippen LogP contribution in [0.3, 0.4) is 0 Å². The number of carbonyl (C=O) groups excluding carboxylic acids is 1. The van der Waals surface area contributed by atoms with E-state index in [1.165, 1.54) is 5.39 Å². The number of rotatable bonds is 4. The lowest BCUT2D eigenvalue weighted by Gasteiger charge is -2.07. The van der Waals surface area contributed by atoms with Crippen molar-refractivity contribution in [2.45, 2.75) is 20.3 Å². The zero-order valence-corrected chi connectivity index (χ0v) is 14.8. The summed E-state index contributed by atoms with van der Waals surface area (Å²) in [7, 11) is 0. The van der Waals surface area contributed by atoms with Crippen molar-refractivity contribution in [2.75, 3.05) is 0 Å². The number of hydrogen-bond donors (Lipinski definition) is 0. The highest BCUT2D eigenvalue weighted by molar-refractivity contribution is 5.97. The minimum Gasteiger partial charge on any atom is -0.292 e. The van der Waals surface area contributed by atoms with Crippen LogP contribution >= 0.6 is 0 Å². The molecular formula is C22H19N3O. The first-order valence-electron chi connectivity index (χ1n) is 8.62. The molecule has 0 amide bonds. The second-order valence-electron chi connectivity index (χ2n) is 6.50. The molecule has 0 bridgehead atoms. The van der Waals surface area contributed by atoms with Crippen molar-refractivity contribution in [1.29, 1.82) is 0 Å². The Labute approximate surface area is 152 Å². The van der Waals surface area contributed by atoms with Crippen molar-refractivity contribution >= 4 is 16.6 Å². The molecule has 4 nitrogen and oxygen atoms in total. The van der Waals surface area contributed by atoms with Gasteiger partial charge in [-0.25, -0.2) is 4.68 Å². The molecule has 4 rings (SSSR count). The van der Waals surface area contributed by atoms with E-state index in [4.69, 9.17) is 0 Å². The van der Waals surface area contributed by atoms with E-state index in [1.807, 2.05) is 56.3 Å². The topological polar surface area (TPSA) is 47.8 Å². The Bertz CT molecular complexity index is 1110. The fraction of sp³-hybridized carbons (Fsp3) is 0.136. The molecule has 0 aliphatic heterocycles. The molecule has 4 heteroatoms. The molecule has 128 valence electrons. The van der Waals surface area contributed by atoms with Crippen LogP contribution in [0.5, 0.6) is 0 Å². The molecule has 0 atom stereocenters. The number of benzene rings is 3. The van der Waals surface area contributed by atoms with Crippen LogP contribution in [0.15, 0.2) is 66.7 Å². The lowest BCUT2D eigenvalue weighted by Crippen LogP contribution is -2.07. The normalized spacial score (nSPS) is 11.0. The second kappa shape index (κ2) is 6.56. The van der Waals surface area contributed by atoms with E-state index < -0.39 is 0 Å². The van der Waals surface area contributed by atoms with Crippen LogP contribution in [0.1, 0.15) is 27.3 Å². The monoisotopic (exact) mass is 341 g/mol. The molecule has 0 saturated heterocycles. The summed E-state index contributed by atoms with van der Waals surface area (Å²) in [5.41, 5.74) is 4.22. The number of fused-ring (bicyclic) bond motifs is 1. The van der Waals surface area contributed by atoms with Crippen LogP contribution in [0, 0.1) is 13.8 Å². The van der Waals surface area contributed by atoms with Crippen molar-refractivity contribution in [2.24, 2.45) is 0 Å². The number of hydrogen-bond acceptors (Lipinski definition) is 3. The maximum Gasteiger partial charge on any atom is 0.189 e. The lowest BCUT2D eigenvalue weighted by atomic mass is 10.0. The molecule has 0 fully saturated rings. The van der Waals surface area contributed by atoms with Crippen molar-refractivity contribution < 1.29 is 4.79 Å². The molecule has 3 aromatic carbocycles. The SMILES string of the molecule is Cc1ccccc1-n1nnc(C(=O)Cc2ccc3ccccc3c2)c1C. The van der Waals surface area contributed by atoms with Crippen LogP contribution in [-0.2, 0) is 6.42 Å². The van der Waals surface area contributed by atoms with Gasteiger partial charge in [0.2, 0.25) is 0 Å². The zero-order valence-electron chi connectivity index (χ0n) is 14.8. The van der Waals surface area contributed by atoms with Gasteiger partial charge in [-0.2, -0.15) is 0 Å². The van der Waals surface area contributed by atoms with Gasteiger partial charge in [0.1, 0.15) is 0 Å². The summed E-state index contributed by atoms with van der Waals surface area (Å²) in [5, 5.41) is 10.7. The van der Waals surface area contributed by atoms with E-state index in [9.17, 15) is 4.79 Å². The average Bonchev–Trinajstić information content (AvgIpc) is 3.03. The first-order chi connectivity index (χ1) is 12.6. The number of aryl methyl sites for hydroxylation is 1. The van der Waals surface area contributed by atoms with Crippen molar-refractivity contribution in [1.82, 2.24) is 15.0 Å². The minimum atomic E-state index is -0.0161. The highest BCUT2D eigenvalue weighted by Gasteiger charge is 2.18. The van der Waals surface area contributed by atoms with E-state index in [2.05, 4.69) is 34.6 Å². The quantitative estimate of drug-likeness (QED) is 0.515. The van der Waals surface area contributed by atoms with E-state index in [1.54, 1.807) is 4.68 Å². The number of aromatic nitrogens is 3. The van der Waals surface area contributed by atoms with Crippen LogP contribution in [0.25, 0.3) is 16.5 Å². The van der Waals surface area contributed by atoms with Gasteiger partial charge in [0, 0.05) is 6.42 Å². The molecule has 0 saturated carbocycles. The zero-order chi connectivity index (χ0) is 18.1. The summed E-state index contributed by atoms with van der Waals surface area (Å²) in [6.07, 6.45) is 0.318. The van der Waals surface area contributed by atoms with Crippen molar-refractivity contribution in [3.63, 3.8) is 0 Å². The summed E-state index contributed by atoms with van der Waals surface area (Å²) < 4.78 is 1.74. The Kier molecular flexibility index (Phi) is 4.09. The molecule has 4 aromatic rings. The first-order valence-corrected chi connectivity index (χ1v) is 8.62. The average molecular weight is 341 g/mol. The smallest absolute Gasteiger partial charge is 0.189 e. The summed E-state index contributed by atoms with van der Waals surface area (Å²) in [5.74, 6) is -0.0161. The molecule has 26 heavy (non-hydrogen) atoms. The van der Waals surface area contributed by atoms with Gasteiger partial charge in [-0.15, -0.1) is 5.10 Å². The van der Waals surface area contributed by atoms with Crippen molar-refractivity contribution in [3.05, 3.63) is 89.2 Å². The fourth-order valence-electron chi connectivity index (χ4n) is 3.23. The van der Waals surface area contributed by atoms with E-state index >= 15 is 0 Å². The van der Waals surface area contributed by atoms with Gasteiger partial charge in [0.25, 0.3) is 0 Å². The Balaban J connectivity index is 1.63. The Morgan fingerprint density at radius 2 is 1.65 bits per heavy atom. The van der Waals surface area contributed by atoms with Crippen LogP contribution < -0.4 is 0 Å². The van der Waals surface area contributed by atoms with Crippen LogP contribution in [0.4, 0.5) is 0 Å². The predicted molar refractivity (Wildman–Crippen MR) is 103 cm³/mol. The van der Waals surface area contributed by atoms with Gasteiger partial charge in [0.05, 0.1) is 11.4 Å². The summed E-state index contributed by atoms with van der Waals surface area (Å²) in [6.45, 7) is 3.91. The van der Waals surface area contributed by atoms with Crippen LogP contribution in [-0.4, -0.2) is 20.8 Å². The number of ketones is 1. The Morgan fingerprint density at radius 1 is 0.923 bits per heavy atom. The fourth-order valence-corrected chi connectivity index (χ4v) is 3.23. The number of para-hydroxylation sites is 1. The van der Waals surface area contributed by atoms with Gasteiger partial charge in [-0.05, 0) is 41.8 Å². The predicted octanol–water partition coefficient (Wildman–Crippen LogP) is 4.46. The number of carbonyl (C=O) groups is 1. The maximum atomic E-state index is 12.8. The first kappa shape index (κ1) is 16.2. The summed E-state index contributed by atoms with van der Waals surface area (Å²) in [4.78, 5) is 12.8. The molecule has 0 N–H and O–H groups in total. The van der Waals surface area contributed by atoms with Gasteiger partial charge >= 0.3 is 0 Å². The molecule has 1 heterocycles. The molecule has 1 aromatic heterocycles. The third kappa shape index (κ3) is 2.90. The molecule has 0 spiro atoms. The highest BCUT2D eigenvalue weighted by Crippen LogP contribution is 2.19. The van der Waals surface area contributed by atoms with E-state index in [0.29, 0.717) is 12.1 Å². The third-order valence-electron chi connectivity index (χ3n) is 4.68. The van der Waals surface area contributed by atoms with Crippen molar-refractivity contribution in [3.8, 4) is 5.69 Å². The standard InChI is InChI=1S/C22H19N3O/c1-15-7-3-6-10-20(15)25-16(2)22(23-24-25)21(26)14-17-11-12-18-8-4-5-9-19(18)13-17/h3-13H,14H2,1-2H3. The second-order valence-corrected chi connectivity index (χ2v) is 6.50. The molecule has 0 aliphatic carbocycles. The van der Waals surface area contributed by atoms with Gasteiger partial charge < -0.3 is 0 Å². The number of Topliss-reactive ketones (excluding diaryl/α,β-unsaturated/α-hetero) is 1. The largest absolute Gasteiger partial charge is 0.292 e. The molecular weight excluding hydrogens is 322 g/mol. The summed E-state index contributed by atoms with van der Waals surface area (Å²) >= 11 is 0. The summed E-state index contributed by atoms with van der Waals surface area (Å²) in [6, 6.07) is 22.2. The maximum absolute atomic E-state index is 12.8. The lowest BCUT2D eigenvalue weighted by molar-refractivity contribution is 0.0987. The Morgan fingerprint density at radius 3 is 2.46 bits per heavy atom.